The number of carbonyl (C=O) groups is 1. The number of nitrogens with one attached hydrogen (secondary N) is 2. The highest BCUT2D eigenvalue weighted by Crippen LogP contribution is 2.27. The highest BCUT2D eigenvalue weighted by molar-refractivity contribution is 14.1. The fraction of sp³-hybridized carbons (Fsp3) is 0.167. The number of rotatable bonds is 8. The van der Waals surface area contributed by atoms with Crippen molar-refractivity contribution in [3.63, 3.8) is 0 Å². The molecule has 0 aliphatic carbocycles. The summed E-state index contributed by atoms with van der Waals surface area (Å²) in [5.41, 5.74) is 3.80. The maximum atomic E-state index is 12.9. The van der Waals surface area contributed by atoms with E-state index >= 15 is 0 Å². The molecule has 0 saturated heterocycles. The molecule has 0 spiro atoms. The summed E-state index contributed by atoms with van der Waals surface area (Å²) < 4.78 is 3.11. The van der Waals surface area contributed by atoms with E-state index in [1.165, 1.54) is 0 Å². The number of hydrogen-bond donors (Lipinski definition) is 2. The van der Waals surface area contributed by atoms with E-state index in [9.17, 15) is 4.79 Å². The quantitative estimate of drug-likeness (QED) is 0.244. The standard InChI is InChI=1S/C24H23IN6O/c1-17-19(7-9-23(29-17)28-11-4-13-31-14-12-26-16-31)24(32)30-18-6-8-21(25)20(15-18)22-5-2-3-10-27-22/h2-3,5-10,12,14-16H,4,11,13H2,1H3,(H,28,29)(H,30,32). The van der Waals surface area contributed by atoms with E-state index in [2.05, 4.69) is 48.2 Å². The molecule has 3 heterocycles. The SMILES string of the molecule is Cc1nc(NCCCn2ccnc2)ccc1C(=O)Nc1ccc(I)c(-c2ccccn2)c1. The Morgan fingerprint density at radius 1 is 1.12 bits per heavy atom. The molecule has 0 aliphatic heterocycles. The zero-order valence-electron chi connectivity index (χ0n) is 17.6. The van der Waals surface area contributed by atoms with E-state index in [-0.39, 0.29) is 5.91 Å². The van der Waals surface area contributed by atoms with Gasteiger partial charge in [0.1, 0.15) is 5.82 Å². The molecular weight excluding hydrogens is 515 g/mol. The van der Waals surface area contributed by atoms with Gasteiger partial charge in [-0.1, -0.05) is 6.07 Å². The van der Waals surface area contributed by atoms with Crippen molar-refractivity contribution in [2.75, 3.05) is 17.2 Å². The average molecular weight is 538 g/mol. The Hall–Kier alpha value is -3.27. The second-order valence-electron chi connectivity index (χ2n) is 7.27. The van der Waals surface area contributed by atoms with Gasteiger partial charge in [0, 0.05) is 46.5 Å². The van der Waals surface area contributed by atoms with Crippen molar-refractivity contribution in [3.8, 4) is 11.3 Å². The number of anilines is 2. The fourth-order valence-electron chi connectivity index (χ4n) is 3.32. The smallest absolute Gasteiger partial charge is 0.257 e. The van der Waals surface area contributed by atoms with E-state index in [4.69, 9.17) is 0 Å². The van der Waals surface area contributed by atoms with Gasteiger partial charge in [0.25, 0.3) is 5.91 Å². The molecule has 0 aliphatic rings. The normalized spacial score (nSPS) is 10.7. The zero-order valence-corrected chi connectivity index (χ0v) is 19.8. The molecule has 0 saturated carbocycles. The lowest BCUT2D eigenvalue weighted by Gasteiger charge is -2.12. The first-order valence-electron chi connectivity index (χ1n) is 10.3. The van der Waals surface area contributed by atoms with Crippen LogP contribution in [0.2, 0.25) is 0 Å². The first-order valence-corrected chi connectivity index (χ1v) is 11.4. The Morgan fingerprint density at radius 2 is 2.03 bits per heavy atom. The van der Waals surface area contributed by atoms with E-state index in [1.54, 1.807) is 12.4 Å². The third kappa shape index (κ3) is 5.50. The molecule has 3 aromatic heterocycles. The molecular formula is C24H23IN6O. The van der Waals surface area contributed by atoms with Crippen LogP contribution < -0.4 is 10.6 Å². The number of benzene rings is 1. The monoisotopic (exact) mass is 538 g/mol. The predicted molar refractivity (Wildman–Crippen MR) is 135 cm³/mol. The predicted octanol–water partition coefficient (Wildman–Crippen LogP) is 5.01. The second-order valence-corrected chi connectivity index (χ2v) is 8.44. The van der Waals surface area contributed by atoms with Crippen LogP contribution in [-0.4, -0.2) is 32.0 Å². The Balaban J connectivity index is 1.39. The van der Waals surface area contributed by atoms with Gasteiger partial charge < -0.3 is 15.2 Å². The first kappa shape index (κ1) is 21.9. The van der Waals surface area contributed by atoms with Gasteiger partial charge >= 0.3 is 0 Å². The number of halogens is 1. The van der Waals surface area contributed by atoms with Crippen molar-refractivity contribution in [3.05, 3.63) is 88.3 Å². The Kier molecular flexibility index (Phi) is 7.10. The van der Waals surface area contributed by atoms with E-state index in [1.807, 2.05) is 72.5 Å². The number of amides is 1. The molecule has 4 rings (SSSR count). The van der Waals surface area contributed by atoms with Crippen LogP contribution in [0.25, 0.3) is 11.3 Å². The summed E-state index contributed by atoms with van der Waals surface area (Å²) in [6, 6.07) is 15.3. The number of hydrogen-bond acceptors (Lipinski definition) is 5. The molecule has 1 aromatic carbocycles. The van der Waals surface area contributed by atoms with Gasteiger partial charge in [-0.25, -0.2) is 9.97 Å². The summed E-state index contributed by atoms with van der Waals surface area (Å²) in [4.78, 5) is 25.9. The molecule has 2 N–H and O–H groups in total. The van der Waals surface area contributed by atoms with Crippen LogP contribution in [0.1, 0.15) is 22.5 Å². The van der Waals surface area contributed by atoms with E-state index in [0.717, 1.165) is 45.8 Å². The van der Waals surface area contributed by atoms with Crippen LogP contribution in [-0.2, 0) is 6.54 Å². The van der Waals surface area contributed by atoms with E-state index in [0.29, 0.717) is 11.3 Å². The topological polar surface area (TPSA) is 84.7 Å². The maximum Gasteiger partial charge on any atom is 0.257 e. The van der Waals surface area contributed by atoms with Crippen LogP contribution in [0.4, 0.5) is 11.5 Å². The van der Waals surface area contributed by atoms with Crippen molar-refractivity contribution in [1.82, 2.24) is 19.5 Å². The number of carbonyl (C=O) groups excluding carboxylic acids is 1. The summed E-state index contributed by atoms with van der Waals surface area (Å²) in [5, 5.41) is 6.30. The third-order valence-electron chi connectivity index (χ3n) is 4.95. The third-order valence-corrected chi connectivity index (χ3v) is 5.89. The van der Waals surface area contributed by atoms with Crippen molar-refractivity contribution in [2.45, 2.75) is 19.9 Å². The molecule has 32 heavy (non-hydrogen) atoms. The van der Waals surface area contributed by atoms with Gasteiger partial charge in [0.2, 0.25) is 0 Å². The minimum Gasteiger partial charge on any atom is -0.370 e. The average Bonchev–Trinajstić information content (AvgIpc) is 3.32. The lowest BCUT2D eigenvalue weighted by molar-refractivity contribution is 0.102. The van der Waals surface area contributed by atoms with Gasteiger partial charge in [-0.05, 0) is 78.4 Å². The minimum absolute atomic E-state index is 0.185. The number of pyridine rings is 2. The Morgan fingerprint density at radius 3 is 2.78 bits per heavy atom. The van der Waals surface area contributed by atoms with Crippen LogP contribution >= 0.6 is 22.6 Å². The summed E-state index contributed by atoms with van der Waals surface area (Å²) in [7, 11) is 0. The number of aryl methyl sites for hydroxylation is 2. The lowest BCUT2D eigenvalue weighted by atomic mass is 10.1. The molecule has 0 fully saturated rings. The summed E-state index contributed by atoms with van der Waals surface area (Å²) in [6.07, 6.45) is 8.24. The molecule has 0 unspecified atom stereocenters. The van der Waals surface area contributed by atoms with Crippen molar-refractivity contribution >= 4 is 40.0 Å². The summed E-state index contributed by atoms with van der Waals surface area (Å²) >= 11 is 2.28. The van der Waals surface area contributed by atoms with Crippen molar-refractivity contribution in [1.29, 1.82) is 0 Å². The van der Waals surface area contributed by atoms with Gasteiger partial charge in [0.15, 0.2) is 0 Å². The number of aromatic nitrogens is 4. The molecule has 1 amide bonds. The first-order chi connectivity index (χ1) is 15.6. The van der Waals surface area contributed by atoms with Crippen molar-refractivity contribution in [2.24, 2.45) is 0 Å². The van der Waals surface area contributed by atoms with Crippen LogP contribution in [0, 0.1) is 10.5 Å². The molecule has 4 aromatic rings. The molecule has 7 nitrogen and oxygen atoms in total. The molecule has 0 bridgehead atoms. The van der Waals surface area contributed by atoms with E-state index < -0.39 is 0 Å². The van der Waals surface area contributed by atoms with Crippen LogP contribution in [0.15, 0.2) is 73.4 Å². The summed E-state index contributed by atoms with van der Waals surface area (Å²) in [5.74, 6) is 0.575. The van der Waals surface area contributed by atoms with Crippen LogP contribution in [0.5, 0.6) is 0 Å². The largest absolute Gasteiger partial charge is 0.370 e. The number of nitrogens with zero attached hydrogens (tertiary/aromatic N) is 4. The van der Waals surface area contributed by atoms with Crippen LogP contribution in [0.3, 0.4) is 0 Å². The second kappa shape index (κ2) is 10.4. The fourth-order valence-corrected chi connectivity index (χ4v) is 3.93. The van der Waals surface area contributed by atoms with Gasteiger partial charge in [0.05, 0.1) is 23.3 Å². The maximum absolute atomic E-state index is 12.9. The van der Waals surface area contributed by atoms with Crippen molar-refractivity contribution < 1.29 is 4.79 Å². The Labute approximate surface area is 200 Å². The zero-order chi connectivity index (χ0) is 22.3. The number of imidazole rings is 1. The van der Waals surface area contributed by atoms with Gasteiger partial charge in [-0.3, -0.25) is 9.78 Å². The van der Waals surface area contributed by atoms with Gasteiger partial charge in [-0.2, -0.15) is 0 Å². The lowest BCUT2D eigenvalue weighted by Crippen LogP contribution is -2.15. The van der Waals surface area contributed by atoms with Gasteiger partial charge in [-0.15, -0.1) is 0 Å². The minimum atomic E-state index is -0.185. The molecule has 0 radical (unpaired) electrons. The highest BCUT2D eigenvalue weighted by Gasteiger charge is 2.13. The molecule has 162 valence electrons. The Bertz CT molecular complexity index is 1190. The molecule has 0 atom stereocenters. The summed E-state index contributed by atoms with van der Waals surface area (Å²) in [6.45, 7) is 3.52. The molecule has 8 heteroatoms. The highest BCUT2D eigenvalue weighted by atomic mass is 127.